The number of amides is 2. The van der Waals surface area contributed by atoms with Crippen LogP contribution in [0.5, 0.6) is 0 Å². The fraction of sp³-hybridized carbons (Fsp3) is 0.211. The van der Waals surface area contributed by atoms with Crippen molar-refractivity contribution in [3.63, 3.8) is 0 Å². The van der Waals surface area contributed by atoms with Crippen LogP contribution in [-0.2, 0) is 9.59 Å². The van der Waals surface area contributed by atoms with Gasteiger partial charge >= 0.3 is 0 Å². The van der Waals surface area contributed by atoms with E-state index in [4.69, 9.17) is 0 Å². The predicted molar refractivity (Wildman–Crippen MR) is 96.7 cm³/mol. The molecule has 0 radical (unpaired) electrons. The maximum atomic E-state index is 13.1. The highest BCUT2D eigenvalue weighted by Gasteiger charge is 2.15. The summed E-state index contributed by atoms with van der Waals surface area (Å²) in [7, 11) is 1.71. The van der Waals surface area contributed by atoms with Gasteiger partial charge in [-0.05, 0) is 37.3 Å². The van der Waals surface area contributed by atoms with E-state index in [1.54, 1.807) is 37.4 Å². The first kappa shape index (κ1) is 19.3. The Morgan fingerprint density at radius 1 is 0.923 bits per heavy atom. The number of Topliss-reactive ketones (excluding diaryl/α,β-unsaturated/α-hetero) is 1. The molecule has 2 aromatic rings. The molecule has 0 saturated carbocycles. The topological polar surface area (TPSA) is 79.7 Å². The Kier molecular flexibility index (Phi) is 6.57. The third kappa shape index (κ3) is 6.10. The standard InChI is InChI=1S/C19H20FN3O3/c1-13(24)14-5-3-7-16(9-14)21-18(25)11-23(2)12-19(26)22-17-8-4-6-15(20)10-17/h3-10H,11-12H2,1-2H3,(H,21,25)(H,22,26)/p+1. The van der Waals surface area contributed by atoms with Gasteiger partial charge in [0.05, 0.1) is 7.05 Å². The van der Waals surface area contributed by atoms with E-state index in [0.29, 0.717) is 21.8 Å². The predicted octanol–water partition coefficient (Wildman–Crippen LogP) is 1.12. The molecule has 7 heteroatoms. The van der Waals surface area contributed by atoms with Gasteiger partial charge in [-0.3, -0.25) is 14.4 Å². The molecule has 0 saturated heterocycles. The summed E-state index contributed by atoms with van der Waals surface area (Å²) in [4.78, 5) is 36.1. The van der Waals surface area contributed by atoms with Gasteiger partial charge in [0.15, 0.2) is 18.9 Å². The largest absolute Gasteiger partial charge is 0.322 e. The second-order valence-corrected chi connectivity index (χ2v) is 6.05. The summed E-state index contributed by atoms with van der Waals surface area (Å²) in [5, 5.41) is 5.29. The lowest BCUT2D eigenvalue weighted by atomic mass is 10.1. The minimum Gasteiger partial charge on any atom is -0.322 e. The second kappa shape index (κ2) is 8.87. The van der Waals surface area contributed by atoms with Crippen molar-refractivity contribution in [3.05, 3.63) is 59.9 Å². The van der Waals surface area contributed by atoms with Crippen molar-refractivity contribution in [1.29, 1.82) is 0 Å². The number of benzene rings is 2. The number of likely N-dealkylation sites (N-methyl/N-ethyl adjacent to an activating group) is 1. The molecular weight excluding hydrogens is 337 g/mol. The van der Waals surface area contributed by atoms with Crippen LogP contribution in [0, 0.1) is 5.82 Å². The number of carbonyl (C=O) groups is 3. The highest BCUT2D eigenvalue weighted by atomic mass is 19.1. The number of rotatable bonds is 7. The zero-order valence-corrected chi connectivity index (χ0v) is 14.6. The molecular formula is C19H21FN3O3+. The second-order valence-electron chi connectivity index (χ2n) is 6.05. The lowest BCUT2D eigenvalue weighted by Gasteiger charge is -2.14. The molecule has 0 spiro atoms. The molecule has 1 atom stereocenters. The number of anilines is 2. The minimum absolute atomic E-state index is 0.0530. The molecule has 2 rings (SSSR count). The van der Waals surface area contributed by atoms with E-state index in [-0.39, 0.29) is 30.7 Å². The molecule has 1 unspecified atom stereocenters. The van der Waals surface area contributed by atoms with Crippen molar-refractivity contribution in [2.24, 2.45) is 0 Å². The Bertz CT molecular complexity index is 823. The Labute approximate surface area is 151 Å². The van der Waals surface area contributed by atoms with Crippen LogP contribution < -0.4 is 15.5 Å². The van der Waals surface area contributed by atoms with Crippen molar-refractivity contribution in [1.82, 2.24) is 0 Å². The van der Waals surface area contributed by atoms with Crippen molar-refractivity contribution in [2.75, 3.05) is 30.8 Å². The smallest absolute Gasteiger partial charge is 0.279 e. The molecule has 3 N–H and O–H groups in total. The van der Waals surface area contributed by atoms with Crippen molar-refractivity contribution < 1.29 is 23.7 Å². The Morgan fingerprint density at radius 3 is 2.00 bits per heavy atom. The van der Waals surface area contributed by atoms with Crippen molar-refractivity contribution in [3.8, 4) is 0 Å². The third-order valence-corrected chi connectivity index (χ3v) is 3.59. The average molecular weight is 358 g/mol. The van der Waals surface area contributed by atoms with E-state index in [9.17, 15) is 18.8 Å². The van der Waals surface area contributed by atoms with E-state index in [2.05, 4.69) is 10.6 Å². The number of carbonyl (C=O) groups excluding carboxylic acids is 3. The summed E-state index contributed by atoms with van der Waals surface area (Å²) in [6.45, 7) is 1.58. The van der Waals surface area contributed by atoms with E-state index in [0.717, 1.165) is 0 Å². The monoisotopic (exact) mass is 358 g/mol. The van der Waals surface area contributed by atoms with Gasteiger partial charge in [-0.2, -0.15) is 0 Å². The van der Waals surface area contributed by atoms with Gasteiger partial charge in [0, 0.05) is 16.9 Å². The van der Waals surface area contributed by atoms with Crippen LogP contribution in [0.1, 0.15) is 17.3 Å². The summed E-state index contributed by atoms with van der Waals surface area (Å²) in [5.41, 5.74) is 1.41. The maximum absolute atomic E-state index is 13.1. The summed E-state index contributed by atoms with van der Waals surface area (Å²) < 4.78 is 13.1. The zero-order chi connectivity index (χ0) is 19.1. The zero-order valence-electron chi connectivity index (χ0n) is 14.6. The normalized spacial score (nSPS) is 11.5. The van der Waals surface area contributed by atoms with Gasteiger partial charge in [-0.25, -0.2) is 4.39 Å². The summed E-state index contributed by atoms with van der Waals surface area (Å²) in [6, 6.07) is 12.3. The summed E-state index contributed by atoms with van der Waals surface area (Å²) in [5.74, 6) is -1.12. The molecule has 6 nitrogen and oxygen atoms in total. The average Bonchev–Trinajstić information content (AvgIpc) is 2.54. The Balaban J connectivity index is 1.84. The van der Waals surface area contributed by atoms with Crippen molar-refractivity contribution >= 4 is 29.0 Å². The number of quaternary nitrogens is 1. The first-order valence-electron chi connectivity index (χ1n) is 8.11. The summed E-state index contributed by atoms with van der Waals surface area (Å²) >= 11 is 0. The highest BCUT2D eigenvalue weighted by Crippen LogP contribution is 2.11. The van der Waals surface area contributed by atoms with Gasteiger partial charge in [-0.1, -0.05) is 18.2 Å². The molecule has 0 aliphatic rings. The SMILES string of the molecule is CC(=O)c1cccc(NC(=O)C[NH+](C)CC(=O)Nc2cccc(F)c2)c1. The van der Waals surface area contributed by atoms with Crippen molar-refractivity contribution in [2.45, 2.75) is 6.92 Å². The van der Waals surface area contributed by atoms with Crippen LogP contribution in [0.25, 0.3) is 0 Å². The van der Waals surface area contributed by atoms with E-state index in [1.165, 1.54) is 25.1 Å². The Hall–Kier alpha value is -3.06. The molecule has 0 aliphatic carbocycles. The van der Waals surface area contributed by atoms with E-state index in [1.807, 2.05) is 0 Å². The van der Waals surface area contributed by atoms with Crippen LogP contribution in [0.4, 0.5) is 15.8 Å². The fourth-order valence-electron chi connectivity index (χ4n) is 2.40. The lowest BCUT2D eigenvalue weighted by molar-refractivity contribution is -0.862. The lowest BCUT2D eigenvalue weighted by Crippen LogP contribution is -3.11. The number of ketones is 1. The van der Waals surface area contributed by atoms with Crippen LogP contribution in [0.3, 0.4) is 0 Å². The fourth-order valence-corrected chi connectivity index (χ4v) is 2.40. The van der Waals surface area contributed by atoms with Gasteiger partial charge in [0.2, 0.25) is 0 Å². The van der Waals surface area contributed by atoms with Gasteiger partial charge in [-0.15, -0.1) is 0 Å². The quantitative estimate of drug-likeness (QED) is 0.649. The van der Waals surface area contributed by atoms with Gasteiger partial charge in [0.1, 0.15) is 5.82 Å². The Morgan fingerprint density at radius 2 is 1.46 bits per heavy atom. The minimum atomic E-state index is -0.435. The first-order valence-corrected chi connectivity index (χ1v) is 8.11. The maximum Gasteiger partial charge on any atom is 0.279 e. The van der Waals surface area contributed by atoms with Crippen LogP contribution in [0.15, 0.2) is 48.5 Å². The molecule has 0 aliphatic heterocycles. The molecule has 0 heterocycles. The third-order valence-electron chi connectivity index (χ3n) is 3.59. The van der Waals surface area contributed by atoms with Gasteiger partial charge < -0.3 is 15.5 Å². The summed E-state index contributed by atoms with van der Waals surface area (Å²) in [6.07, 6.45) is 0. The van der Waals surface area contributed by atoms with Crippen LogP contribution in [0.2, 0.25) is 0 Å². The molecule has 0 fully saturated rings. The van der Waals surface area contributed by atoms with E-state index < -0.39 is 5.82 Å². The highest BCUT2D eigenvalue weighted by molar-refractivity contribution is 5.97. The first-order chi connectivity index (χ1) is 12.3. The molecule has 136 valence electrons. The van der Waals surface area contributed by atoms with Crippen LogP contribution in [-0.4, -0.2) is 37.7 Å². The molecule has 26 heavy (non-hydrogen) atoms. The van der Waals surface area contributed by atoms with Gasteiger partial charge in [0.25, 0.3) is 11.8 Å². The van der Waals surface area contributed by atoms with E-state index >= 15 is 0 Å². The number of halogens is 1. The molecule has 2 amide bonds. The number of hydrogen-bond donors (Lipinski definition) is 3. The number of hydrogen-bond acceptors (Lipinski definition) is 3. The molecule has 0 aromatic heterocycles. The molecule has 2 aromatic carbocycles. The van der Waals surface area contributed by atoms with Crippen LogP contribution >= 0.6 is 0 Å². The number of nitrogens with one attached hydrogen (secondary N) is 3. The molecule has 0 bridgehead atoms.